The Morgan fingerprint density at radius 2 is 2.04 bits per heavy atom. The van der Waals surface area contributed by atoms with Gasteiger partial charge in [-0.25, -0.2) is 0 Å². The van der Waals surface area contributed by atoms with E-state index in [9.17, 15) is 9.59 Å². The second-order valence-corrected chi connectivity index (χ2v) is 6.75. The number of nitrogens with one attached hydrogen (secondary N) is 1. The Kier molecular flexibility index (Phi) is 4.32. The van der Waals surface area contributed by atoms with Crippen LogP contribution < -0.4 is 5.32 Å². The fourth-order valence-corrected chi connectivity index (χ4v) is 3.42. The van der Waals surface area contributed by atoms with E-state index >= 15 is 0 Å². The van der Waals surface area contributed by atoms with Crippen LogP contribution in [0.1, 0.15) is 11.3 Å². The van der Waals surface area contributed by atoms with E-state index in [0.29, 0.717) is 22.9 Å². The van der Waals surface area contributed by atoms with Crippen LogP contribution >= 0.6 is 11.8 Å². The molecule has 6 nitrogen and oxygen atoms in total. The highest BCUT2D eigenvalue weighted by Crippen LogP contribution is 2.32. The van der Waals surface area contributed by atoms with Crippen LogP contribution in [0.15, 0.2) is 52.0 Å². The number of nitrogens with zero attached hydrogens (tertiary/aromatic N) is 1. The van der Waals surface area contributed by atoms with E-state index in [1.165, 1.54) is 0 Å². The highest BCUT2D eigenvalue weighted by molar-refractivity contribution is 8.18. The minimum absolute atomic E-state index is 0.312. The summed E-state index contributed by atoms with van der Waals surface area (Å²) < 4.78 is 11.1. The number of hydrogen-bond donors (Lipinski definition) is 1. The van der Waals surface area contributed by atoms with Crippen LogP contribution in [0.5, 0.6) is 0 Å². The minimum atomic E-state index is -0.410. The molecule has 1 aliphatic rings. The van der Waals surface area contributed by atoms with Gasteiger partial charge < -0.3 is 9.15 Å². The summed E-state index contributed by atoms with van der Waals surface area (Å²) in [5.74, 6) is 0.0881. The summed E-state index contributed by atoms with van der Waals surface area (Å²) in [6.45, 7) is 0.555. The predicted molar refractivity (Wildman–Crippen MR) is 99.3 cm³/mol. The lowest BCUT2D eigenvalue weighted by Crippen LogP contribution is -2.17. The van der Waals surface area contributed by atoms with Crippen LogP contribution in [-0.2, 0) is 16.1 Å². The number of benzene rings is 1. The highest BCUT2D eigenvalue weighted by Gasteiger charge is 2.25. The fourth-order valence-electron chi connectivity index (χ4n) is 2.76. The lowest BCUT2D eigenvalue weighted by Gasteiger charge is -2.04. The number of ether oxygens (including phenoxy) is 1. The van der Waals surface area contributed by atoms with E-state index in [1.807, 2.05) is 24.3 Å². The van der Waals surface area contributed by atoms with Gasteiger partial charge in [0.1, 0.15) is 11.3 Å². The Morgan fingerprint density at radius 3 is 2.73 bits per heavy atom. The zero-order valence-electron chi connectivity index (χ0n) is 13.8. The number of pyridine rings is 1. The summed E-state index contributed by atoms with van der Waals surface area (Å²) in [6.07, 6.45) is 5.02. The number of methoxy groups -OCH3 is 1. The van der Waals surface area contributed by atoms with Crippen molar-refractivity contribution in [2.45, 2.75) is 6.61 Å². The van der Waals surface area contributed by atoms with Crippen LogP contribution in [0.25, 0.3) is 28.2 Å². The molecule has 4 rings (SSSR count). The predicted octanol–water partition coefficient (Wildman–Crippen LogP) is 3.97. The Morgan fingerprint density at radius 1 is 1.23 bits per heavy atom. The van der Waals surface area contributed by atoms with Crippen molar-refractivity contribution in [3.05, 3.63) is 59.0 Å². The first-order valence-corrected chi connectivity index (χ1v) is 8.66. The summed E-state index contributed by atoms with van der Waals surface area (Å²) in [4.78, 5) is 27.6. The van der Waals surface area contributed by atoms with Crippen LogP contribution in [0.2, 0.25) is 0 Å². The molecule has 26 heavy (non-hydrogen) atoms. The number of carbonyl (C=O) groups is 2. The van der Waals surface area contributed by atoms with Gasteiger partial charge in [-0.15, -0.1) is 0 Å². The second kappa shape index (κ2) is 6.78. The number of imide groups is 1. The van der Waals surface area contributed by atoms with Gasteiger partial charge in [0, 0.05) is 36.5 Å². The molecule has 3 heterocycles. The number of rotatable bonds is 4. The zero-order chi connectivity index (χ0) is 18.1. The normalized spacial score (nSPS) is 15.8. The first kappa shape index (κ1) is 16.6. The SMILES string of the molecule is COCc1ccc(-c2cncc3cc(C=C4SC(=O)NC4=O)oc23)cc1. The van der Waals surface area contributed by atoms with Gasteiger partial charge in [0.15, 0.2) is 0 Å². The molecule has 0 unspecified atom stereocenters. The molecule has 0 spiro atoms. The first-order chi connectivity index (χ1) is 12.6. The molecule has 0 radical (unpaired) electrons. The fraction of sp³-hybridized carbons (Fsp3) is 0.105. The molecule has 1 saturated heterocycles. The second-order valence-electron chi connectivity index (χ2n) is 5.74. The van der Waals surface area contributed by atoms with E-state index in [1.54, 1.807) is 31.6 Å². The molecule has 1 aromatic carbocycles. The number of amides is 2. The van der Waals surface area contributed by atoms with E-state index in [2.05, 4.69) is 10.3 Å². The number of carbonyl (C=O) groups excluding carboxylic acids is 2. The van der Waals surface area contributed by atoms with Crippen molar-refractivity contribution in [1.82, 2.24) is 10.3 Å². The van der Waals surface area contributed by atoms with Crippen molar-refractivity contribution in [1.29, 1.82) is 0 Å². The van der Waals surface area contributed by atoms with Gasteiger partial charge in [0.25, 0.3) is 11.1 Å². The standard InChI is InChI=1S/C19H14N2O4S/c1-24-10-11-2-4-12(5-3-11)15-9-20-8-13-6-14(25-17(13)15)7-16-18(22)21-19(23)26-16/h2-9H,10H2,1H3,(H,21,22,23). The van der Waals surface area contributed by atoms with Crippen LogP contribution in [-0.4, -0.2) is 23.2 Å². The summed E-state index contributed by atoms with van der Waals surface area (Å²) in [5, 5.41) is 2.67. The monoisotopic (exact) mass is 366 g/mol. The van der Waals surface area contributed by atoms with Gasteiger partial charge in [0.05, 0.1) is 11.5 Å². The maximum absolute atomic E-state index is 11.7. The molecule has 1 fully saturated rings. The average molecular weight is 366 g/mol. The van der Waals surface area contributed by atoms with Gasteiger partial charge in [-0.3, -0.25) is 19.9 Å². The van der Waals surface area contributed by atoms with E-state index < -0.39 is 5.91 Å². The third-order valence-electron chi connectivity index (χ3n) is 3.93. The third-order valence-corrected chi connectivity index (χ3v) is 4.74. The lowest BCUT2D eigenvalue weighted by atomic mass is 10.0. The smallest absolute Gasteiger partial charge is 0.290 e. The molecule has 1 aliphatic heterocycles. The van der Waals surface area contributed by atoms with E-state index in [-0.39, 0.29) is 5.24 Å². The molecule has 1 N–H and O–H groups in total. The molecule has 0 aliphatic carbocycles. The van der Waals surface area contributed by atoms with Crippen molar-refractivity contribution in [2.24, 2.45) is 0 Å². The summed E-state index contributed by atoms with van der Waals surface area (Å²) >= 11 is 0.859. The van der Waals surface area contributed by atoms with E-state index in [4.69, 9.17) is 9.15 Å². The first-order valence-electron chi connectivity index (χ1n) is 7.85. The van der Waals surface area contributed by atoms with E-state index in [0.717, 1.165) is 33.8 Å². The Balaban J connectivity index is 1.73. The van der Waals surface area contributed by atoms with Crippen molar-refractivity contribution in [3.8, 4) is 11.1 Å². The Bertz CT molecular complexity index is 1040. The Labute approximate surface area is 153 Å². The topological polar surface area (TPSA) is 81.4 Å². The molecule has 2 amide bonds. The molecule has 0 atom stereocenters. The molecule has 0 bridgehead atoms. The number of fused-ring (bicyclic) bond motifs is 1. The number of thioether (sulfide) groups is 1. The van der Waals surface area contributed by atoms with Crippen molar-refractivity contribution in [3.63, 3.8) is 0 Å². The van der Waals surface area contributed by atoms with Gasteiger partial charge in [-0.1, -0.05) is 24.3 Å². The number of furan rings is 1. The van der Waals surface area contributed by atoms with Gasteiger partial charge in [0.2, 0.25) is 0 Å². The maximum Gasteiger partial charge on any atom is 0.290 e. The summed E-state index contributed by atoms with van der Waals surface area (Å²) in [7, 11) is 1.66. The van der Waals surface area contributed by atoms with Gasteiger partial charge in [-0.2, -0.15) is 0 Å². The molecule has 130 valence electrons. The van der Waals surface area contributed by atoms with Crippen molar-refractivity contribution in [2.75, 3.05) is 7.11 Å². The van der Waals surface area contributed by atoms with Crippen LogP contribution in [0, 0.1) is 0 Å². The molecule has 3 aromatic rings. The van der Waals surface area contributed by atoms with Crippen molar-refractivity contribution >= 4 is 40.0 Å². The molecular formula is C19H14N2O4S. The molecule has 0 saturated carbocycles. The van der Waals surface area contributed by atoms with Crippen molar-refractivity contribution < 1.29 is 18.7 Å². The zero-order valence-corrected chi connectivity index (χ0v) is 14.6. The molecular weight excluding hydrogens is 352 g/mol. The number of hydrogen-bond acceptors (Lipinski definition) is 6. The minimum Gasteiger partial charge on any atom is -0.456 e. The highest BCUT2D eigenvalue weighted by atomic mass is 32.2. The Hall–Kier alpha value is -2.90. The molecule has 7 heteroatoms. The van der Waals surface area contributed by atoms with Gasteiger partial charge in [-0.05, 0) is 29.0 Å². The quantitative estimate of drug-likeness (QED) is 0.704. The maximum atomic E-state index is 11.7. The summed E-state index contributed by atoms with van der Waals surface area (Å²) in [5.41, 5.74) is 3.59. The van der Waals surface area contributed by atoms with Crippen LogP contribution in [0.3, 0.4) is 0 Å². The molecule has 2 aromatic heterocycles. The average Bonchev–Trinajstić information content (AvgIpc) is 3.18. The van der Waals surface area contributed by atoms with Crippen LogP contribution in [0.4, 0.5) is 4.79 Å². The number of aromatic nitrogens is 1. The lowest BCUT2D eigenvalue weighted by molar-refractivity contribution is -0.115. The summed E-state index contributed by atoms with van der Waals surface area (Å²) in [6, 6.07) is 9.77. The third kappa shape index (κ3) is 3.14. The van der Waals surface area contributed by atoms with Gasteiger partial charge >= 0.3 is 0 Å². The largest absolute Gasteiger partial charge is 0.456 e.